The molecule has 0 bridgehead atoms. The summed E-state index contributed by atoms with van der Waals surface area (Å²) in [6, 6.07) is 8.50. The van der Waals surface area contributed by atoms with E-state index in [1.54, 1.807) is 0 Å². The number of benzene rings is 1. The number of para-hydroxylation sites is 1. The zero-order valence-corrected chi connectivity index (χ0v) is 11.9. The lowest BCUT2D eigenvalue weighted by Gasteiger charge is -2.28. The zero-order valence-electron chi connectivity index (χ0n) is 11.0. The molecule has 3 rings (SSSR count). The van der Waals surface area contributed by atoms with Crippen molar-refractivity contribution < 1.29 is 4.42 Å². The molecule has 1 atom stereocenters. The van der Waals surface area contributed by atoms with Crippen molar-refractivity contribution in [2.45, 2.75) is 12.5 Å². The van der Waals surface area contributed by atoms with Crippen LogP contribution in [0.2, 0.25) is 0 Å². The first kappa shape index (κ1) is 13.0. The third-order valence-electron chi connectivity index (χ3n) is 3.79. The van der Waals surface area contributed by atoms with Gasteiger partial charge in [0, 0.05) is 29.8 Å². The maximum atomic E-state index is 6.05. The highest BCUT2D eigenvalue weighted by Crippen LogP contribution is 2.30. The van der Waals surface area contributed by atoms with Gasteiger partial charge in [0.15, 0.2) is 0 Å². The second-order valence-electron chi connectivity index (χ2n) is 4.94. The number of furan rings is 1. The molecule has 1 aromatic carbocycles. The molecule has 102 valence electrons. The molecule has 1 aliphatic rings. The fourth-order valence-electron chi connectivity index (χ4n) is 2.81. The Morgan fingerprint density at radius 2 is 2.16 bits per heavy atom. The molecule has 1 aliphatic heterocycles. The van der Waals surface area contributed by atoms with Gasteiger partial charge < -0.3 is 10.2 Å². The summed E-state index contributed by atoms with van der Waals surface area (Å²) < 4.78 is 5.67. The predicted molar refractivity (Wildman–Crippen MR) is 81.5 cm³/mol. The van der Waals surface area contributed by atoms with Crippen LogP contribution >= 0.6 is 11.8 Å². The van der Waals surface area contributed by atoms with Crippen LogP contribution in [-0.2, 0) is 0 Å². The van der Waals surface area contributed by atoms with E-state index in [1.807, 2.05) is 30.2 Å². The lowest BCUT2D eigenvalue weighted by molar-refractivity contribution is 0.218. The number of nitrogens with two attached hydrogens (primary N) is 1. The summed E-state index contributed by atoms with van der Waals surface area (Å²) >= 11 is 2.04. The van der Waals surface area contributed by atoms with Gasteiger partial charge in [0.25, 0.3) is 0 Å². The molecule has 2 aromatic rings. The van der Waals surface area contributed by atoms with Crippen molar-refractivity contribution in [3.05, 3.63) is 36.1 Å². The molecular weight excluding hydrogens is 256 g/mol. The molecule has 0 saturated carbocycles. The van der Waals surface area contributed by atoms with Crippen LogP contribution in [0, 0.1) is 0 Å². The lowest BCUT2D eigenvalue weighted by atomic mass is 10.0. The first-order valence-corrected chi connectivity index (χ1v) is 8.03. The summed E-state index contributed by atoms with van der Waals surface area (Å²) in [6.45, 7) is 2.90. The first-order valence-electron chi connectivity index (χ1n) is 6.88. The van der Waals surface area contributed by atoms with Gasteiger partial charge >= 0.3 is 0 Å². The van der Waals surface area contributed by atoms with E-state index in [0.717, 1.165) is 18.7 Å². The maximum Gasteiger partial charge on any atom is 0.134 e. The van der Waals surface area contributed by atoms with Crippen LogP contribution in [0.5, 0.6) is 0 Å². The van der Waals surface area contributed by atoms with Crippen LogP contribution in [0.4, 0.5) is 0 Å². The van der Waals surface area contributed by atoms with Crippen LogP contribution < -0.4 is 5.73 Å². The molecule has 1 unspecified atom stereocenters. The van der Waals surface area contributed by atoms with Gasteiger partial charge in [-0.25, -0.2) is 0 Å². The second-order valence-corrected chi connectivity index (χ2v) is 6.17. The molecular formula is C15H20N2OS. The van der Waals surface area contributed by atoms with E-state index in [4.69, 9.17) is 10.2 Å². The minimum atomic E-state index is 0.280. The minimum Gasteiger partial charge on any atom is -0.464 e. The summed E-state index contributed by atoms with van der Waals surface area (Å²) in [5.74, 6) is 2.46. The van der Waals surface area contributed by atoms with E-state index >= 15 is 0 Å². The Balaban J connectivity index is 1.92. The molecule has 0 aliphatic carbocycles. The van der Waals surface area contributed by atoms with Gasteiger partial charge in [0.1, 0.15) is 5.58 Å². The molecule has 1 aromatic heterocycles. The number of thioether (sulfide) groups is 1. The normalized spacial score (nSPS) is 19.4. The molecule has 3 nitrogen and oxygen atoms in total. The fraction of sp³-hybridized carbons (Fsp3) is 0.467. The van der Waals surface area contributed by atoms with Gasteiger partial charge in [-0.2, -0.15) is 11.8 Å². The van der Waals surface area contributed by atoms with Crippen LogP contribution in [-0.4, -0.2) is 36.0 Å². The summed E-state index contributed by atoms with van der Waals surface area (Å²) in [7, 11) is 0. The number of rotatable bonds is 3. The summed E-state index contributed by atoms with van der Waals surface area (Å²) in [5, 5.41) is 1.20. The Kier molecular flexibility index (Phi) is 4.11. The minimum absolute atomic E-state index is 0.280. The number of hydrogen-bond donors (Lipinski definition) is 1. The Morgan fingerprint density at radius 3 is 3.05 bits per heavy atom. The van der Waals surface area contributed by atoms with E-state index < -0.39 is 0 Å². The average molecular weight is 276 g/mol. The molecule has 4 heteroatoms. The van der Waals surface area contributed by atoms with Crippen LogP contribution in [0.1, 0.15) is 18.0 Å². The van der Waals surface area contributed by atoms with Crippen molar-refractivity contribution in [1.29, 1.82) is 0 Å². The smallest absolute Gasteiger partial charge is 0.134 e. The third kappa shape index (κ3) is 2.66. The van der Waals surface area contributed by atoms with E-state index in [9.17, 15) is 0 Å². The van der Waals surface area contributed by atoms with Gasteiger partial charge in [-0.3, -0.25) is 4.90 Å². The predicted octanol–water partition coefficient (Wildman–Crippen LogP) is 2.87. The first-order chi connectivity index (χ1) is 9.40. The Labute approximate surface area is 118 Å². The summed E-state index contributed by atoms with van der Waals surface area (Å²) in [5.41, 5.74) is 8.25. The monoisotopic (exact) mass is 276 g/mol. The number of hydrogen-bond acceptors (Lipinski definition) is 4. The van der Waals surface area contributed by atoms with Gasteiger partial charge in [-0.15, -0.1) is 0 Å². The van der Waals surface area contributed by atoms with Crippen LogP contribution in [0.3, 0.4) is 0 Å². The van der Waals surface area contributed by atoms with Crippen molar-refractivity contribution in [1.82, 2.24) is 4.90 Å². The molecule has 1 saturated heterocycles. The molecule has 0 spiro atoms. The highest BCUT2D eigenvalue weighted by atomic mass is 32.2. The Bertz CT molecular complexity index is 532. The van der Waals surface area contributed by atoms with E-state index in [2.05, 4.69) is 17.0 Å². The van der Waals surface area contributed by atoms with E-state index in [-0.39, 0.29) is 6.04 Å². The molecule has 19 heavy (non-hydrogen) atoms. The van der Waals surface area contributed by atoms with Crippen molar-refractivity contribution >= 4 is 22.7 Å². The van der Waals surface area contributed by atoms with E-state index in [1.165, 1.54) is 28.9 Å². The standard InChI is InChI=1S/C15H20N2OS/c16-10-14(17-6-3-8-19-9-7-17)13-11-18-15-5-2-1-4-12(13)15/h1-2,4-5,11,14H,3,6-10,16H2. The van der Waals surface area contributed by atoms with Crippen LogP contribution in [0.15, 0.2) is 34.9 Å². The average Bonchev–Trinajstić information content (AvgIpc) is 2.69. The quantitative estimate of drug-likeness (QED) is 0.936. The highest BCUT2D eigenvalue weighted by molar-refractivity contribution is 7.99. The number of fused-ring (bicyclic) bond motifs is 1. The van der Waals surface area contributed by atoms with E-state index in [0.29, 0.717) is 6.54 Å². The molecule has 2 N–H and O–H groups in total. The van der Waals surface area contributed by atoms with Crippen molar-refractivity contribution in [2.75, 3.05) is 31.1 Å². The van der Waals surface area contributed by atoms with Gasteiger partial charge in [-0.05, 0) is 24.8 Å². The molecule has 0 radical (unpaired) electrons. The van der Waals surface area contributed by atoms with Crippen LogP contribution in [0.25, 0.3) is 11.0 Å². The lowest BCUT2D eigenvalue weighted by Crippen LogP contribution is -2.35. The number of nitrogens with zero attached hydrogens (tertiary/aromatic N) is 1. The SMILES string of the molecule is NCC(c1coc2ccccc12)N1CCCSCC1. The Hall–Kier alpha value is -0.970. The summed E-state index contributed by atoms with van der Waals surface area (Å²) in [6.07, 6.45) is 3.14. The zero-order chi connectivity index (χ0) is 13.1. The van der Waals surface area contributed by atoms with Gasteiger partial charge in [-0.1, -0.05) is 18.2 Å². The molecule has 2 heterocycles. The second kappa shape index (κ2) is 5.99. The third-order valence-corrected chi connectivity index (χ3v) is 4.84. The van der Waals surface area contributed by atoms with Crippen molar-refractivity contribution in [3.8, 4) is 0 Å². The van der Waals surface area contributed by atoms with Gasteiger partial charge in [0.05, 0.1) is 12.3 Å². The summed E-state index contributed by atoms with van der Waals surface area (Å²) in [4.78, 5) is 2.51. The van der Waals surface area contributed by atoms with Gasteiger partial charge in [0.2, 0.25) is 0 Å². The largest absolute Gasteiger partial charge is 0.464 e. The van der Waals surface area contributed by atoms with Crippen molar-refractivity contribution in [2.24, 2.45) is 5.73 Å². The topological polar surface area (TPSA) is 42.4 Å². The van der Waals surface area contributed by atoms with Crippen molar-refractivity contribution in [3.63, 3.8) is 0 Å². The molecule has 0 amide bonds. The fourth-order valence-corrected chi connectivity index (χ4v) is 3.71. The Morgan fingerprint density at radius 1 is 1.26 bits per heavy atom. The highest BCUT2D eigenvalue weighted by Gasteiger charge is 2.23. The molecule has 1 fully saturated rings. The maximum absolute atomic E-state index is 6.05.